The van der Waals surface area contributed by atoms with Gasteiger partial charge in [0.2, 0.25) is 0 Å². The highest BCUT2D eigenvalue weighted by Gasteiger charge is 1.90. The van der Waals surface area contributed by atoms with Crippen LogP contribution in [-0.2, 0) is 9.53 Å². The Morgan fingerprint density at radius 3 is 2.08 bits per heavy atom. The summed E-state index contributed by atoms with van der Waals surface area (Å²) in [7, 11) is 3.00. The molecular weight excluding hydrogens is 168 g/mol. The summed E-state index contributed by atoms with van der Waals surface area (Å²) in [6.07, 6.45) is 0. The Morgan fingerprint density at radius 2 is 1.77 bits per heavy atom. The maximum atomic E-state index is 8.95. The van der Waals surface area contributed by atoms with E-state index in [1.165, 1.54) is 12.7 Å². The molecule has 0 spiro atoms. The molecule has 3 nitrogen and oxygen atoms in total. The molecule has 0 aliphatic carbocycles. The van der Waals surface area contributed by atoms with Crippen LogP contribution >= 0.6 is 0 Å². The lowest BCUT2D eigenvalue weighted by Gasteiger charge is -2.00. The topological polar surface area (TPSA) is 35.5 Å². The molecule has 3 heteroatoms. The second-order valence-electron chi connectivity index (χ2n) is 2.30. The zero-order valence-corrected chi connectivity index (χ0v) is 8.11. The number of benzene rings is 1. The number of carbonyl (C=O) groups excluding carboxylic acids is 1. The average Bonchev–Trinajstić information content (AvgIpc) is 2.19. The van der Waals surface area contributed by atoms with Crippen LogP contribution in [0.3, 0.4) is 0 Å². The van der Waals surface area contributed by atoms with E-state index in [1.807, 2.05) is 31.2 Å². The lowest BCUT2D eigenvalue weighted by atomic mass is 10.2. The van der Waals surface area contributed by atoms with Gasteiger partial charge in [-0.05, 0) is 18.6 Å². The molecule has 1 aromatic rings. The maximum absolute atomic E-state index is 8.95. The molecule has 0 saturated carbocycles. The molecule has 0 saturated heterocycles. The predicted molar refractivity (Wildman–Crippen MR) is 50.8 cm³/mol. The smallest absolute Gasteiger partial charge is 0.292 e. The molecule has 0 bridgehead atoms. The van der Waals surface area contributed by atoms with Crippen LogP contribution in [-0.4, -0.2) is 20.7 Å². The van der Waals surface area contributed by atoms with Crippen molar-refractivity contribution in [2.75, 3.05) is 14.2 Å². The van der Waals surface area contributed by atoms with Crippen LogP contribution in [0.25, 0.3) is 0 Å². The van der Waals surface area contributed by atoms with Crippen molar-refractivity contribution in [1.29, 1.82) is 0 Å². The third-order valence-electron chi connectivity index (χ3n) is 1.41. The van der Waals surface area contributed by atoms with Crippen molar-refractivity contribution < 1.29 is 14.3 Å². The molecule has 0 amide bonds. The lowest BCUT2D eigenvalue weighted by Crippen LogP contribution is -1.84. The Bertz CT molecular complexity index is 246. The summed E-state index contributed by atoms with van der Waals surface area (Å²) in [4.78, 5) is 8.95. The second-order valence-corrected chi connectivity index (χ2v) is 2.30. The minimum absolute atomic E-state index is 0.375. The highest BCUT2D eigenvalue weighted by Crippen LogP contribution is 2.14. The van der Waals surface area contributed by atoms with Crippen molar-refractivity contribution in [2.45, 2.75) is 6.92 Å². The van der Waals surface area contributed by atoms with Gasteiger partial charge >= 0.3 is 0 Å². The number of rotatable bonds is 2. The highest BCUT2D eigenvalue weighted by atomic mass is 16.5. The molecule has 0 aliphatic rings. The Balaban J connectivity index is 0.000000310. The van der Waals surface area contributed by atoms with E-state index in [2.05, 4.69) is 4.74 Å². The van der Waals surface area contributed by atoms with Gasteiger partial charge in [-0.1, -0.05) is 18.2 Å². The summed E-state index contributed by atoms with van der Waals surface area (Å²) in [5, 5.41) is 0. The first kappa shape index (κ1) is 11.5. The second kappa shape index (κ2) is 7.16. The van der Waals surface area contributed by atoms with Gasteiger partial charge in [-0.3, -0.25) is 4.79 Å². The summed E-state index contributed by atoms with van der Waals surface area (Å²) < 4.78 is 8.91. The third kappa shape index (κ3) is 4.85. The molecule has 0 aliphatic heterocycles. The van der Waals surface area contributed by atoms with E-state index in [0.29, 0.717) is 6.47 Å². The predicted octanol–water partition coefficient (Wildman–Crippen LogP) is 1.79. The number of ether oxygens (including phenoxy) is 2. The largest absolute Gasteiger partial charge is 0.496 e. The summed E-state index contributed by atoms with van der Waals surface area (Å²) in [5.41, 5.74) is 1.18. The zero-order chi connectivity index (χ0) is 10.1. The molecule has 0 heterocycles. The number of carbonyl (C=O) groups is 1. The van der Waals surface area contributed by atoms with Gasteiger partial charge in [0.15, 0.2) is 0 Å². The SMILES string of the molecule is COC=O.COc1ccccc1C. The lowest BCUT2D eigenvalue weighted by molar-refractivity contribution is -0.126. The first-order valence-corrected chi connectivity index (χ1v) is 3.82. The quantitative estimate of drug-likeness (QED) is 0.654. The maximum Gasteiger partial charge on any atom is 0.292 e. The van der Waals surface area contributed by atoms with Crippen LogP contribution in [0.2, 0.25) is 0 Å². The molecule has 0 atom stereocenters. The summed E-state index contributed by atoms with van der Waals surface area (Å²) in [6, 6.07) is 7.94. The minimum atomic E-state index is 0.375. The standard InChI is InChI=1S/C8H10O.C2H4O2/c1-7-5-3-4-6-8(7)9-2;1-4-2-3/h3-6H,1-2H3;2H,1H3. The number of para-hydroxylation sites is 1. The van der Waals surface area contributed by atoms with E-state index in [-0.39, 0.29) is 0 Å². The monoisotopic (exact) mass is 182 g/mol. The average molecular weight is 182 g/mol. The molecule has 72 valence electrons. The van der Waals surface area contributed by atoms with Crippen LogP contribution in [0.1, 0.15) is 5.56 Å². The van der Waals surface area contributed by atoms with E-state index in [1.54, 1.807) is 7.11 Å². The van der Waals surface area contributed by atoms with E-state index < -0.39 is 0 Å². The molecule has 0 fully saturated rings. The van der Waals surface area contributed by atoms with Gasteiger partial charge in [-0.25, -0.2) is 0 Å². The van der Waals surface area contributed by atoms with Gasteiger partial charge < -0.3 is 9.47 Å². The van der Waals surface area contributed by atoms with Crippen LogP contribution < -0.4 is 4.74 Å². The van der Waals surface area contributed by atoms with Crippen molar-refractivity contribution in [3.05, 3.63) is 29.8 Å². The number of aryl methyl sites for hydroxylation is 1. The molecule has 0 aromatic heterocycles. The van der Waals surface area contributed by atoms with Gasteiger partial charge in [-0.15, -0.1) is 0 Å². The Morgan fingerprint density at radius 1 is 1.23 bits per heavy atom. The van der Waals surface area contributed by atoms with Gasteiger partial charge in [0.05, 0.1) is 14.2 Å². The van der Waals surface area contributed by atoms with Crippen molar-refractivity contribution in [1.82, 2.24) is 0 Å². The third-order valence-corrected chi connectivity index (χ3v) is 1.41. The Kier molecular flexibility index (Phi) is 6.32. The van der Waals surface area contributed by atoms with Crippen LogP contribution in [0.4, 0.5) is 0 Å². The van der Waals surface area contributed by atoms with E-state index in [0.717, 1.165) is 5.75 Å². The Hall–Kier alpha value is -1.51. The summed E-state index contributed by atoms with van der Waals surface area (Å²) in [5.74, 6) is 0.956. The van der Waals surface area contributed by atoms with Crippen LogP contribution in [0, 0.1) is 6.92 Å². The van der Waals surface area contributed by atoms with Crippen molar-refractivity contribution in [3.8, 4) is 5.75 Å². The molecule has 1 rings (SSSR count). The van der Waals surface area contributed by atoms with E-state index >= 15 is 0 Å². The molecule has 0 radical (unpaired) electrons. The summed E-state index contributed by atoms with van der Waals surface area (Å²) in [6.45, 7) is 2.40. The van der Waals surface area contributed by atoms with Crippen molar-refractivity contribution in [2.24, 2.45) is 0 Å². The first-order valence-electron chi connectivity index (χ1n) is 3.82. The van der Waals surface area contributed by atoms with E-state index in [9.17, 15) is 0 Å². The van der Waals surface area contributed by atoms with E-state index in [4.69, 9.17) is 9.53 Å². The number of hydrogen-bond acceptors (Lipinski definition) is 3. The molecular formula is C10H14O3. The highest BCUT2D eigenvalue weighted by molar-refractivity contribution is 5.36. The molecule has 0 N–H and O–H groups in total. The van der Waals surface area contributed by atoms with Crippen LogP contribution in [0.15, 0.2) is 24.3 Å². The fourth-order valence-electron chi connectivity index (χ4n) is 0.785. The fourth-order valence-corrected chi connectivity index (χ4v) is 0.785. The van der Waals surface area contributed by atoms with Crippen LogP contribution in [0.5, 0.6) is 5.75 Å². The van der Waals surface area contributed by atoms with Gasteiger partial charge in [-0.2, -0.15) is 0 Å². The normalized spacial score (nSPS) is 7.92. The van der Waals surface area contributed by atoms with Gasteiger partial charge in [0.1, 0.15) is 5.75 Å². The number of methoxy groups -OCH3 is 2. The zero-order valence-electron chi connectivity index (χ0n) is 8.11. The minimum Gasteiger partial charge on any atom is -0.496 e. The number of hydrogen-bond donors (Lipinski definition) is 0. The van der Waals surface area contributed by atoms with Crippen molar-refractivity contribution in [3.63, 3.8) is 0 Å². The molecule has 13 heavy (non-hydrogen) atoms. The summed E-state index contributed by atoms with van der Waals surface area (Å²) >= 11 is 0. The van der Waals surface area contributed by atoms with Crippen molar-refractivity contribution >= 4 is 6.47 Å². The van der Waals surface area contributed by atoms with Gasteiger partial charge in [0.25, 0.3) is 6.47 Å². The fraction of sp³-hybridized carbons (Fsp3) is 0.300. The molecule has 1 aromatic carbocycles. The first-order chi connectivity index (χ1) is 6.26. The molecule has 0 unspecified atom stereocenters. The van der Waals surface area contributed by atoms with Gasteiger partial charge in [0, 0.05) is 0 Å². The Labute approximate surface area is 78.3 Å².